The molecular weight excluding hydrogens is 448 g/mol. The van der Waals surface area contributed by atoms with Gasteiger partial charge in [-0.25, -0.2) is 14.4 Å². The van der Waals surface area contributed by atoms with Crippen molar-refractivity contribution in [1.29, 1.82) is 0 Å². The first-order chi connectivity index (χ1) is 16.6. The van der Waals surface area contributed by atoms with Gasteiger partial charge in [-0.2, -0.15) is 0 Å². The number of benzene rings is 2. The van der Waals surface area contributed by atoms with E-state index in [-0.39, 0.29) is 25.5 Å². The summed E-state index contributed by atoms with van der Waals surface area (Å²) >= 11 is 0. The number of fused-ring (bicyclic) bond motifs is 3. The normalized spacial score (nSPS) is 19.1. The molecule has 1 aliphatic carbocycles. The summed E-state index contributed by atoms with van der Waals surface area (Å²) in [7, 11) is 0. The van der Waals surface area contributed by atoms with E-state index in [9.17, 15) is 19.5 Å². The summed E-state index contributed by atoms with van der Waals surface area (Å²) in [6.07, 6.45) is -1.10. The fourth-order valence-corrected chi connectivity index (χ4v) is 5.01. The lowest BCUT2D eigenvalue weighted by molar-refractivity contribution is -0.141. The number of ether oxygens (including phenoxy) is 2. The smallest absolute Gasteiger partial charge is 0.410 e. The highest BCUT2D eigenvalue weighted by Gasteiger charge is 2.44. The van der Waals surface area contributed by atoms with Crippen LogP contribution in [0.5, 0.6) is 0 Å². The maximum atomic E-state index is 13.1. The van der Waals surface area contributed by atoms with Crippen LogP contribution < -0.4 is 0 Å². The van der Waals surface area contributed by atoms with E-state index in [1.807, 2.05) is 36.4 Å². The molecule has 1 fully saturated rings. The number of carbonyl (C=O) groups excluding carboxylic acids is 2. The number of rotatable bonds is 5. The van der Waals surface area contributed by atoms with Crippen molar-refractivity contribution in [1.82, 2.24) is 9.80 Å². The molecule has 8 nitrogen and oxygen atoms in total. The predicted molar refractivity (Wildman–Crippen MR) is 130 cm³/mol. The van der Waals surface area contributed by atoms with Crippen LogP contribution in [0.15, 0.2) is 48.5 Å². The molecule has 0 radical (unpaired) electrons. The first kappa shape index (κ1) is 24.6. The minimum absolute atomic E-state index is 0.0702. The van der Waals surface area contributed by atoms with Crippen LogP contribution in [0.3, 0.4) is 0 Å². The highest BCUT2D eigenvalue weighted by atomic mass is 16.6. The van der Waals surface area contributed by atoms with Gasteiger partial charge in [0.1, 0.15) is 18.2 Å². The van der Waals surface area contributed by atoms with Crippen molar-refractivity contribution >= 4 is 18.2 Å². The standard InChI is InChI=1S/C27H32N2O6/c1-5-28(26(33)35-27(2,3)4)17-14-23(24(30)31)29(15-17)25(32)34-16-22-20-12-8-6-10-18(20)19-11-7-9-13-21(19)22/h6-13,17,22-23H,5,14-16H2,1-4H3,(H,30,31)/t17-,23+/m1/s1. The summed E-state index contributed by atoms with van der Waals surface area (Å²) in [5, 5.41) is 9.79. The zero-order valence-electron chi connectivity index (χ0n) is 20.6. The second-order valence-electron chi connectivity index (χ2n) is 9.97. The Labute approximate surface area is 205 Å². The average Bonchev–Trinajstić information content (AvgIpc) is 3.37. The van der Waals surface area contributed by atoms with Crippen molar-refractivity contribution in [2.75, 3.05) is 19.7 Å². The molecule has 2 aromatic carbocycles. The molecule has 0 bridgehead atoms. The van der Waals surface area contributed by atoms with Gasteiger partial charge in [0.05, 0.1) is 6.04 Å². The molecule has 1 saturated heterocycles. The molecule has 186 valence electrons. The number of nitrogens with zero attached hydrogens (tertiary/aromatic N) is 2. The van der Waals surface area contributed by atoms with Gasteiger partial charge >= 0.3 is 18.2 Å². The fourth-order valence-electron chi connectivity index (χ4n) is 5.01. The van der Waals surface area contributed by atoms with Crippen molar-refractivity contribution in [3.05, 3.63) is 59.7 Å². The summed E-state index contributed by atoms with van der Waals surface area (Å²) in [4.78, 5) is 40.5. The third kappa shape index (κ3) is 4.97. The highest BCUT2D eigenvalue weighted by Crippen LogP contribution is 2.44. The van der Waals surface area contributed by atoms with Crippen LogP contribution in [-0.4, -0.2) is 70.4 Å². The predicted octanol–water partition coefficient (Wildman–Crippen LogP) is 4.72. The Morgan fingerprint density at radius 1 is 1.03 bits per heavy atom. The van der Waals surface area contributed by atoms with Crippen LogP contribution in [0.25, 0.3) is 11.1 Å². The number of likely N-dealkylation sites (N-methyl/N-ethyl adjacent to an activating group) is 1. The number of hydrogen-bond donors (Lipinski definition) is 1. The summed E-state index contributed by atoms with van der Waals surface area (Å²) in [5.41, 5.74) is 3.71. The zero-order chi connectivity index (χ0) is 25.3. The van der Waals surface area contributed by atoms with Gasteiger partial charge in [-0.1, -0.05) is 48.5 Å². The van der Waals surface area contributed by atoms with E-state index in [1.54, 1.807) is 27.7 Å². The third-order valence-electron chi connectivity index (χ3n) is 6.54. The lowest BCUT2D eigenvalue weighted by atomic mass is 9.98. The Morgan fingerprint density at radius 3 is 2.11 bits per heavy atom. The molecule has 35 heavy (non-hydrogen) atoms. The van der Waals surface area contributed by atoms with Crippen molar-refractivity contribution in [2.45, 2.75) is 57.7 Å². The third-order valence-corrected chi connectivity index (χ3v) is 6.54. The monoisotopic (exact) mass is 480 g/mol. The quantitative estimate of drug-likeness (QED) is 0.665. The van der Waals surface area contributed by atoms with Crippen molar-refractivity contribution in [2.24, 2.45) is 0 Å². The van der Waals surface area contributed by atoms with Gasteiger partial charge < -0.3 is 19.5 Å². The summed E-state index contributed by atoms with van der Waals surface area (Å²) in [6.45, 7) is 7.63. The molecule has 1 heterocycles. The fraction of sp³-hybridized carbons (Fsp3) is 0.444. The number of aliphatic carboxylic acids is 1. The van der Waals surface area contributed by atoms with Crippen LogP contribution in [0.1, 0.15) is 51.2 Å². The van der Waals surface area contributed by atoms with Gasteiger partial charge in [-0.05, 0) is 49.9 Å². The van der Waals surface area contributed by atoms with Crippen LogP contribution in [0, 0.1) is 0 Å². The van der Waals surface area contributed by atoms with E-state index in [4.69, 9.17) is 9.47 Å². The van der Waals surface area contributed by atoms with Crippen molar-refractivity contribution < 1.29 is 29.0 Å². The molecule has 0 unspecified atom stereocenters. The molecule has 2 aromatic rings. The minimum Gasteiger partial charge on any atom is -0.480 e. The molecule has 2 aliphatic rings. The van der Waals surface area contributed by atoms with Gasteiger partial charge in [0.2, 0.25) is 0 Å². The SMILES string of the molecule is CCN(C(=O)OC(C)(C)C)[C@@H]1C[C@@H](C(=O)O)N(C(=O)OCC2c3ccccc3-c3ccccc32)C1. The average molecular weight is 481 g/mol. The number of amides is 2. The Hall–Kier alpha value is -3.55. The van der Waals surface area contributed by atoms with E-state index in [2.05, 4.69) is 12.1 Å². The molecule has 2 amide bonds. The summed E-state index contributed by atoms with van der Waals surface area (Å²) in [6, 6.07) is 14.5. The molecule has 0 spiro atoms. The second kappa shape index (κ2) is 9.60. The largest absolute Gasteiger partial charge is 0.480 e. The van der Waals surface area contributed by atoms with Crippen LogP contribution in [0.2, 0.25) is 0 Å². The first-order valence-electron chi connectivity index (χ1n) is 11.9. The lowest BCUT2D eigenvalue weighted by Gasteiger charge is -2.30. The van der Waals surface area contributed by atoms with Crippen LogP contribution in [-0.2, 0) is 14.3 Å². The Balaban J connectivity index is 1.48. The minimum atomic E-state index is -1.12. The van der Waals surface area contributed by atoms with E-state index < -0.39 is 35.8 Å². The Bertz CT molecular complexity index is 1080. The van der Waals surface area contributed by atoms with E-state index in [1.165, 1.54) is 9.80 Å². The molecule has 0 saturated carbocycles. The summed E-state index contributed by atoms with van der Waals surface area (Å²) in [5.74, 6) is -1.25. The number of carboxylic acid groups (broad SMARTS) is 1. The number of hydrogen-bond acceptors (Lipinski definition) is 5. The number of likely N-dealkylation sites (tertiary alicyclic amines) is 1. The van der Waals surface area contributed by atoms with Crippen molar-refractivity contribution in [3.63, 3.8) is 0 Å². The summed E-state index contributed by atoms with van der Waals surface area (Å²) < 4.78 is 11.2. The lowest BCUT2D eigenvalue weighted by Crippen LogP contribution is -2.45. The molecule has 4 rings (SSSR count). The topological polar surface area (TPSA) is 96.4 Å². The Morgan fingerprint density at radius 2 is 1.60 bits per heavy atom. The van der Waals surface area contributed by atoms with Crippen LogP contribution in [0.4, 0.5) is 9.59 Å². The molecule has 1 N–H and O–H groups in total. The highest BCUT2D eigenvalue weighted by molar-refractivity contribution is 5.82. The van der Waals surface area contributed by atoms with E-state index in [0.717, 1.165) is 22.3 Å². The van der Waals surface area contributed by atoms with E-state index >= 15 is 0 Å². The number of carbonyl (C=O) groups is 3. The maximum absolute atomic E-state index is 13.1. The van der Waals surface area contributed by atoms with Gasteiger partial charge in [0, 0.05) is 25.4 Å². The van der Waals surface area contributed by atoms with Gasteiger partial charge in [0.15, 0.2) is 0 Å². The van der Waals surface area contributed by atoms with Crippen LogP contribution >= 0.6 is 0 Å². The molecule has 1 aliphatic heterocycles. The molecular formula is C27H32N2O6. The second-order valence-corrected chi connectivity index (χ2v) is 9.97. The van der Waals surface area contributed by atoms with E-state index in [0.29, 0.717) is 6.54 Å². The molecule has 2 atom stereocenters. The van der Waals surface area contributed by atoms with Gasteiger partial charge in [0.25, 0.3) is 0 Å². The van der Waals surface area contributed by atoms with Gasteiger partial charge in [-0.15, -0.1) is 0 Å². The maximum Gasteiger partial charge on any atom is 0.410 e. The first-order valence-corrected chi connectivity index (χ1v) is 11.9. The van der Waals surface area contributed by atoms with Crippen molar-refractivity contribution in [3.8, 4) is 11.1 Å². The molecule has 0 aromatic heterocycles. The number of carboxylic acids is 1. The zero-order valence-corrected chi connectivity index (χ0v) is 20.6. The Kier molecular flexibility index (Phi) is 6.74. The molecule has 8 heteroatoms. The van der Waals surface area contributed by atoms with Gasteiger partial charge in [-0.3, -0.25) is 4.90 Å².